The third-order valence-corrected chi connectivity index (χ3v) is 3.51. The van der Waals surface area contributed by atoms with Crippen LogP contribution in [-0.4, -0.2) is 29.2 Å². The van der Waals surface area contributed by atoms with E-state index in [1.165, 1.54) is 17.7 Å². The standard InChI is InChI=1S/C13H12N4O2S/c1-18-9-4-3-8(5-10(9)19-2)17-12-11-13(15-6-14-12)20-7-16-11/h3-7H,1-2H3,(H,14,15,17). The summed E-state index contributed by atoms with van der Waals surface area (Å²) >= 11 is 1.48. The normalized spacial score (nSPS) is 10.5. The molecular formula is C13H12N4O2S. The molecule has 0 saturated heterocycles. The molecule has 0 bridgehead atoms. The first kappa shape index (κ1) is 12.6. The first-order valence-electron chi connectivity index (χ1n) is 5.85. The van der Waals surface area contributed by atoms with Crippen LogP contribution in [0.5, 0.6) is 11.5 Å². The molecule has 102 valence electrons. The number of nitrogens with zero attached hydrogens (tertiary/aromatic N) is 3. The lowest BCUT2D eigenvalue weighted by Gasteiger charge is -2.10. The zero-order chi connectivity index (χ0) is 13.9. The number of methoxy groups -OCH3 is 2. The Balaban J connectivity index is 1.96. The van der Waals surface area contributed by atoms with Crippen molar-refractivity contribution in [1.29, 1.82) is 0 Å². The number of ether oxygens (including phenoxy) is 2. The molecule has 2 aromatic heterocycles. The van der Waals surface area contributed by atoms with E-state index in [0.29, 0.717) is 17.3 Å². The van der Waals surface area contributed by atoms with Crippen LogP contribution in [0.3, 0.4) is 0 Å². The second kappa shape index (κ2) is 5.30. The number of aromatic nitrogens is 3. The third-order valence-electron chi connectivity index (χ3n) is 2.78. The van der Waals surface area contributed by atoms with Gasteiger partial charge < -0.3 is 14.8 Å². The number of nitrogens with one attached hydrogen (secondary N) is 1. The van der Waals surface area contributed by atoms with Crippen molar-refractivity contribution < 1.29 is 9.47 Å². The fraction of sp³-hybridized carbons (Fsp3) is 0.154. The lowest BCUT2D eigenvalue weighted by atomic mass is 10.2. The second-order valence-corrected chi connectivity index (χ2v) is 4.76. The highest BCUT2D eigenvalue weighted by Crippen LogP contribution is 2.32. The van der Waals surface area contributed by atoms with E-state index in [2.05, 4.69) is 20.3 Å². The zero-order valence-electron chi connectivity index (χ0n) is 11.0. The zero-order valence-corrected chi connectivity index (χ0v) is 11.8. The van der Waals surface area contributed by atoms with Crippen LogP contribution in [0, 0.1) is 0 Å². The summed E-state index contributed by atoms with van der Waals surface area (Å²) in [5.41, 5.74) is 3.35. The van der Waals surface area contributed by atoms with Crippen molar-refractivity contribution in [2.24, 2.45) is 0 Å². The Morgan fingerprint density at radius 1 is 1.05 bits per heavy atom. The highest BCUT2D eigenvalue weighted by Gasteiger charge is 2.09. The van der Waals surface area contributed by atoms with Crippen LogP contribution < -0.4 is 14.8 Å². The molecule has 6 nitrogen and oxygen atoms in total. The molecule has 0 amide bonds. The van der Waals surface area contributed by atoms with Crippen LogP contribution in [0.15, 0.2) is 30.0 Å². The molecule has 7 heteroatoms. The SMILES string of the molecule is COc1ccc(Nc2ncnc3scnc23)cc1OC. The summed E-state index contributed by atoms with van der Waals surface area (Å²) in [5.74, 6) is 2.00. The van der Waals surface area contributed by atoms with E-state index in [1.807, 2.05) is 18.2 Å². The summed E-state index contributed by atoms with van der Waals surface area (Å²) in [6.45, 7) is 0. The second-order valence-electron chi connectivity index (χ2n) is 3.92. The van der Waals surface area contributed by atoms with Crippen molar-refractivity contribution in [1.82, 2.24) is 15.0 Å². The van der Waals surface area contributed by atoms with Gasteiger partial charge in [-0.3, -0.25) is 0 Å². The topological polar surface area (TPSA) is 69.2 Å². The fourth-order valence-corrected chi connectivity index (χ4v) is 2.46. The molecule has 0 unspecified atom stereocenters. The minimum Gasteiger partial charge on any atom is -0.493 e. The smallest absolute Gasteiger partial charge is 0.162 e. The summed E-state index contributed by atoms with van der Waals surface area (Å²) in [6.07, 6.45) is 1.52. The molecule has 0 aliphatic carbocycles. The van der Waals surface area contributed by atoms with E-state index in [4.69, 9.17) is 9.47 Å². The van der Waals surface area contributed by atoms with Crippen molar-refractivity contribution >= 4 is 33.2 Å². The molecule has 0 atom stereocenters. The Morgan fingerprint density at radius 2 is 1.90 bits per heavy atom. The summed E-state index contributed by atoms with van der Waals surface area (Å²) in [6, 6.07) is 5.57. The predicted molar refractivity (Wildman–Crippen MR) is 78.0 cm³/mol. The molecule has 0 saturated carbocycles. The maximum Gasteiger partial charge on any atom is 0.162 e. The summed E-state index contributed by atoms with van der Waals surface area (Å²) in [5, 5.41) is 3.22. The Hall–Kier alpha value is -2.41. The molecule has 0 radical (unpaired) electrons. The van der Waals surface area contributed by atoms with Gasteiger partial charge in [0.15, 0.2) is 17.3 Å². The van der Waals surface area contributed by atoms with Crippen LogP contribution in [0.1, 0.15) is 0 Å². The van der Waals surface area contributed by atoms with Gasteiger partial charge in [-0.15, -0.1) is 11.3 Å². The molecule has 2 heterocycles. The van der Waals surface area contributed by atoms with Gasteiger partial charge in [0.2, 0.25) is 0 Å². The van der Waals surface area contributed by atoms with E-state index < -0.39 is 0 Å². The minimum absolute atomic E-state index is 0.654. The number of hydrogen-bond acceptors (Lipinski definition) is 7. The predicted octanol–water partition coefficient (Wildman–Crippen LogP) is 2.85. The number of benzene rings is 1. The number of fused-ring (bicyclic) bond motifs is 1. The van der Waals surface area contributed by atoms with Gasteiger partial charge in [-0.1, -0.05) is 0 Å². The summed E-state index contributed by atoms with van der Waals surface area (Å²) in [7, 11) is 3.21. The largest absolute Gasteiger partial charge is 0.493 e. The maximum atomic E-state index is 5.28. The van der Waals surface area contributed by atoms with E-state index >= 15 is 0 Å². The number of hydrogen-bond donors (Lipinski definition) is 1. The van der Waals surface area contributed by atoms with Crippen LogP contribution in [0.4, 0.5) is 11.5 Å². The number of thiazole rings is 1. The van der Waals surface area contributed by atoms with Crippen molar-refractivity contribution in [2.45, 2.75) is 0 Å². The molecule has 1 N–H and O–H groups in total. The molecule has 0 aliphatic rings. The van der Waals surface area contributed by atoms with Crippen LogP contribution >= 0.6 is 11.3 Å². The highest BCUT2D eigenvalue weighted by molar-refractivity contribution is 7.16. The van der Waals surface area contributed by atoms with Crippen molar-refractivity contribution in [3.63, 3.8) is 0 Å². The summed E-state index contributed by atoms with van der Waals surface area (Å²) in [4.78, 5) is 13.5. The maximum absolute atomic E-state index is 5.28. The Bertz CT molecular complexity index is 744. The first-order valence-corrected chi connectivity index (χ1v) is 6.73. The first-order chi connectivity index (χ1) is 9.81. The van der Waals surface area contributed by atoms with Gasteiger partial charge in [-0.2, -0.15) is 0 Å². The Morgan fingerprint density at radius 3 is 2.70 bits per heavy atom. The van der Waals surface area contributed by atoms with Crippen molar-refractivity contribution in [3.8, 4) is 11.5 Å². The molecule has 3 rings (SSSR count). The lowest BCUT2D eigenvalue weighted by molar-refractivity contribution is 0.355. The van der Waals surface area contributed by atoms with E-state index in [0.717, 1.165) is 16.0 Å². The van der Waals surface area contributed by atoms with Gasteiger partial charge in [0, 0.05) is 11.8 Å². The molecular weight excluding hydrogens is 276 g/mol. The monoisotopic (exact) mass is 288 g/mol. The molecule has 3 aromatic rings. The number of rotatable bonds is 4. The molecule has 0 spiro atoms. The van der Waals surface area contributed by atoms with E-state index in [1.54, 1.807) is 19.7 Å². The molecule has 20 heavy (non-hydrogen) atoms. The van der Waals surface area contributed by atoms with Gasteiger partial charge in [0.25, 0.3) is 0 Å². The Labute approximate surface area is 119 Å². The van der Waals surface area contributed by atoms with Gasteiger partial charge in [-0.25, -0.2) is 15.0 Å². The highest BCUT2D eigenvalue weighted by atomic mass is 32.1. The van der Waals surface area contributed by atoms with Crippen LogP contribution in [-0.2, 0) is 0 Å². The summed E-state index contributed by atoms with van der Waals surface area (Å²) < 4.78 is 10.5. The molecule has 0 fully saturated rings. The van der Waals surface area contributed by atoms with Gasteiger partial charge in [-0.05, 0) is 12.1 Å². The van der Waals surface area contributed by atoms with Gasteiger partial charge in [0.05, 0.1) is 19.7 Å². The third kappa shape index (κ3) is 2.23. The lowest BCUT2D eigenvalue weighted by Crippen LogP contribution is -1.97. The molecule has 1 aromatic carbocycles. The quantitative estimate of drug-likeness (QED) is 0.796. The van der Waals surface area contributed by atoms with Crippen molar-refractivity contribution in [3.05, 3.63) is 30.0 Å². The van der Waals surface area contributed by atoms with Gasteiger partial charge >= 0.3 is 0 Å². The molecule has 0 aliphatic heterocycles. The number of anilines is 2. The van der Waals surface area contributed by atoms with Crippen LogP contribution in [0.2, 0.25) is 0 Å². The van der Waals surface area contributed by atoms with Crippen LogP contribution in [0.25, 0.3) is 10.3 Å². The minimum atomic E-state index is 0.654. The van der Waals surface area contributed by atoms with Gasteiger partial charge in [0.1, 0.15) is 16.7 Å². The van der Waals surface area contributed by atoms with Crippen molar-refractivity contribution in [2.75, 3.05) is 19.5 Å². The van der Waals surface area contributed by atoms with E-state index in [-0.39, 0.29) is 0 Å². The Kier molecular flexibility index (Phi) is 3.34. The average molecular weight is 288 g/mol. The fourth-order valence-electron chi connectivity index (χ4n) is 1.84. The van der Waals surface area contributed by atoms with E-state index in [9.17, 15) is 0 Å². The average Bonchev–Trinajstić information content (AvgIpc) is 2.96.